The van der Waals surface area contributed by atoms with Crippen LogP contribution >= 0.6 is 11.6 Å². The van der Waals surface area contributed by atoms with Gasteiger partial charge in [-0.05, 0) is 42.5 Å². The molecule has 0 aliphatic carbocycles. The Hall–Kier alpha value is -2.45. The van der Waals surface area contributed by atoms with Gasteiger partial charge in [0.05, 0.1) is 31.7 Å². The minimum absolute atomic E-state index is 0.0480. The van der Waals surface area contributed by atoms with Crippen LogP contribution in [-0.4, -0.2) is 49.8 Å². The van der Waals surface area contributed by atoms with Crippen molar-refractivity contribution in [1.82, 2.24) is 4.90 Å². The number of benzene rings is 2. The Labute approximate surface area is 177 Å². The molecule has 5 nitrogen and oxygen atoms in total. The second-order valence-electron chi connectivity index (χ2n) is 6.72. The van der Waals surface area contributed by atoms with Crippen molar-refractivity contribution in [3.8, 4) is 11.5 Å². The molecule has 0 spiro atoms. The molecule has 1 aliphatic rings. The third-order valence-electron chi connectivity index (χ3n) is 4.49. The van der Waals surface area contributed by atoms with Gasteiger partial charge in [-0.1, -0.05) is 17.7 Å². The molecule has 3 rings (SSSR count). The molecule has 2 aromatic rings. The van der Waals surface area contributed by atoms with Crippen LogP contribution in [0.25, 0.3) is 0 Å². The van der Waals surface area contributed by atoms with Gasteiger partial charge in [-0.2, -0.15) is 13.2 Å². The first-order chi connectivity index (χ1) is 14.3. The van der Waals surface area contributed by atoms with Crippen molar-refractivity contribution in [2.75, 3.05) is 32.9 Å². The molecule has 1 amide bonds. The summed E-state index contributed by atoms with van der Waals surface area (Å²) in [4.78, 5) is 14.1. The predicted molar refractivity (Wildman–Crippen MR) is 105 cm³/mol. The maximum Gasteiger partial charge on any atom is 0.416 e. The van der Waals surface area contributed by atoms with Crippen LogP contribution < -0.4 is 9.47 Å². The molecule has 1 fully saturated rings. The number of hydrogen-bond acceptors (Lipinski definition) is 4. The van der Waals surface area contributed by atoms with E-state index in [1.54, 1.807) is 29.2 Å². The van der Waals surface area contributed by atoms with E-state index in [4.69, 9.17) is 25.8 Å². The lowest BCUT2D eigenvalue weighted by Gasteiger charge is -2.33. The van der Waals surface area contributed by atoms with Crippen molar-refractivity contribution in [1.29, 1.82) is 0 Å². The summed E-state index contributed by atoms with van der Waals surface area (Å²) in [5.74, 6) is 0.645. The number of hydrogen-bond donors (Lipinski definition) is 0. The van der Waals surface area contributed by atoms with Crippen LogP contribution in [-0.2, 0) is 15.7 Å². The largest absolute Gasteiger partial charge is 0.493 e. The van der Waals surface area contributed by atoms with E-state index in [-0.39, 0.29) is 31.3 Å². The normalized spacial score (nSPS) is 16.9. The number of ether oxygens (including phenoxy) is 3. The lowest BCUT2D eigenvalue weighted by Crippen LogP contribution is -2.47. The average Bonchev–Trinajstić information content (AvgIpc) is 2.73. The fourth-order valence-electron chi connectivity index (χ4n) is 2.94. The number of amides is 1. The zero-order chi connectivity index (χ0) is 21.6. The van der Waals surface area contributed by atoms with E-state index in [1.165, 1.54) is 12.1 Å². The molecule has 0 bridgehead atoms. The lowest BCUT2D eigenvalue weighted by molar-refractivity contribution is -0.140. The monoisotopic (exact) mass is 443 g/mol. The summed E-state index contributed by atoms with van der Waals surface area (Å²) in [6, 6.07) is 11.5. The summed E-state index contributed by atoms with van der Waals surface area (Å²) in [5.41, 5.74) is -0.776. The second-order valence-corrected chi connectivity index (χ2v) is 7.16. The minimum atomic E-state index is -4.43. The summed E-state index contributed by atoms with van der Waals surface area (Å²) in [7, 11) is 0. The van der Waals surface area contributed by atoms with Crippen LogP contribution in [0.4, 0.5) is 13.2 Å². The number of rotatable bonds is 7. The smallest absolute Gasteiger partial charge is 0.416 e. The van der Waals surface area contributed by atoms with Crippen LogP contribution in [0.1, 0.15) is 12.0 Å². The predicted octanol–water partition coefficient (Wildman–Crippen LogP) is 4.43. The standard InChI is InChI=1S/C21H21ClF3NO4/c22-16-4-6-17(7-5-16)28-10-8-20(27)26-9-11-29-19(13-26)14-30-18-3-1-2-15(12-18)21(23,24)25/h1-7,12,19H,8-11,13-14H2/t19-/m0/s1. The Morgan fingerprint density at radius 2 is 1.90 bits per heavy atom. The van der Waals surface area contributed by atoms with E-state index in [1.807, 2.05) is 0 Å². The highest BCUT2D eigenvalue weighted by molar-refractivity contribution is 6.30. The highest BCUT2D eigenvalue weighted by Crippen LogP contribution is 2.31. The summed E-state index contributed by atoms with van der Waals surface area (Å²) >= 11 is 5.82. The zero-order valence-electron chi connectivity index (χ0n) is 16.0. The van der Waals surface area contributed by atoms with E-state index < -0.39 is 17.8 Å². The topological polar surface area (TPSA) is 48.0 Å². The van der Waals surface area contributed by atoms with Crippen molar-refractivity contribution in [3.05, 3.63) is 59.1 Å². The highest BCUT2D eigenvalue weighted by atomic mass is 35.5. The van der Waals surface area contributed by atoms with Gasteiger partial charge in [0, 0.05) is 11.6 Å². The quantitative estimate of drug-likeness (QED) is 0.635. The Kier molecular flexibility index (Phi) is 7.44. The van der Waals surface area contributed by atoms with Crippen molar-refractivity contribution in [2.45, 2.75) is 18.7 Å². The number of halogens is 4. The molecular weight excluding hydrogens is 423 g/mol. The van der Waals surface area contributed by atoms with Gasteiger partial charge < -0.3 is 19.1 Å². The van der Waals surface area contributed by atoms with E-state index in [0.717, 1.165) is 12.1 Å². The summed E-state index contributed by atoms with van der Waals surface area (Å²) < 4.78 is 54.9. The number of carbonyl (C=O) groups is 1. The second kappa shape index (κ2) is 10.0. The molecule has 0 N–H and O–H groups in total. The summed E-state index contributed by atoms with van der Waals surface area (Å²) in [6.45, 7) is 1.36. The van der Waals surface area contributed by atoms with Crippen LogP contribution in [0.5, 0.6) is 11.5 Å². The van der Waals surface area contributed by atoms with E-state index in [0.29, 0.717) is 30.5 Å². The Morgan fingerprint density at radius 1 is 1.13 bits per heavy atom. The molecule has 0 unspecified atom stereocenters. The molecule has 1 atom stereocenters. The first-order valence-electron chi connectivity index (χ1n) is 9.39. The van der Waals surface area contributed by atoms with Gasteiger partial charge in [0.1, 0.15) is 24.2 Å². The molecule has 1 heterocycles. The lowest BCUT2D eigenvalue weighted by atomic mass is 10.2. The van der Waals surface area contributed by atoms with Crippen LogP contribution in [0.2, 0.25) is 5.02 Å². The van der Waals surface area contributed by atoms with Gasteiger partial charge in [0.15, 0.2) is 0 Å². The number of alkyl halides is 3. The van der Waals surface area contributed by atoms with E-state index in [2.05, 4.69) is 0 Å². The Morgan fingerprint density at radius 3 is 2.63 bits per heavy atom. The number of nitrogens with zero attached hydrogens (tertiary/aromatic N) is 1. The van der Waals surface area contributed by atoms with Crippen LogP contribution in [0, 0.1) is 0 Å². The zero-order valence-corrected chi connectivity index (χ0v) is 16.8. The maximum absolute atomic E-state index is 12.8. The molecule has 1 aliphatic heterocycles. The van der Waals surface area contributed by atoms with E-state index in [9.17, 15) is 18.0 Å². The molecule has 1 saturated heterocycles. The van der Waals surface area contributed by atoms with Gasteiger partial charge in [-0.15, -0.1) is 0 Å². The van der Waals surface area contributed by atoms with Gasteiger partial charge in [0.2, 0.25) is 5.91 Å². The molecule has 0 saturated carbocycles. The first-order valence-corrected chi connectivity index (χ1v) is 9.77. The third-order valence-corrected chi connectivity index (χ3v) is 4.74. The van der Waals surface area contributed by atoms with E-state index >= 15 is 0 Å². The van der Waals surface area contributed by atoms with Gasteiger partial charge in [-0.25, -0.2) is 0 Å². The molecule has 2 aromatic carbocycles. The van der Waals surface area contributed by atoms with Crippen LogP contribution in [0.3, 0.4) is 0 Å². The Bertz CT molecular complexity index is 845. The molecule has 162 valence electrons. The van der Waals surface area contributed by atoms with Crippen molar-refractivity contribution >= 4 is 17.5 Å². The minimum Gasteiger partial charge on any atom is -0.493 e. The fourth-order valence-corrected chi connectivity index (χ4v) is 3.07. The van der Waals surface area contributed by atoms with Gasteiger partial charge in [0.25, 0.3) is 0 Å². The third kappa shape index (κ3) is 6.53. The number of morpholine rings is 1. The molecule has 0 aromatic heterocycles. The van der Waals surface area contributed by atoms with Crippen molar-refractivity contribution < 1.29 is 32.2 Å². The molecule has 9 heteroatoms. The number of carbonyl (C=O) groups excluding carboxylic acids is 1. The van der Waals surface area contributed by atoms with Gasteiger partial charge in [-0.3, -0.25) is 4.79 Å². The molecule has 0 radical (unpaired) electrons. The SMILES string of the molecule is O=C(CCOc1ccc(Cl)cc1)N1CCO[C@H](COc2cccc(C(F)(F)F)c2)C1. The fraction of sp³-hybridized carbons (Fsp3) is 0.381. The van der Waals surface area contributed by atoms with Crippen molar-refractivity contribution in [2.24, 2.45) is 0 Å². The van der Waals surface area contributed by atoms with Gasteiger partial charge >= 0.3 is 6.18 Å². The van der Waals surface area contributed by atoms with Crippen LogP contribution in [0.15, 0.2) is 48.5 Å². The first kappa shape index (κ1) is 22.2. The molecular formula is C21H21ClF3NO4. The van der Waals surface area contributed by atoms with Crippen molar-refractivity contribution in [3.63, 3.8) is 0 Å². The maximum atomic E-state index is 12.8. The summed E-state index contributed by atoms with van der Waals surface area (Å²) in [6.07, 6.45) is -4.66. The summed E-state index contributed by atoms with van der Waals surface area (Å²) in [5, 5.41) is 0.602. The molecule has 30 heavy (non-hydrogen) atoms. The highest BCUT2D eigenvalue weighted by Gasteiger charge is 2.31. The Balaban J connectivity index is 1.44. The average molecular weight is 444 g/mol.